The molecule has 0 saturated carbocycles. The summed E-state index contributed by atoms with van der Waals surface area (Å²) in [5.41, 5.74) is 1.91. The van der Waals surface area contributed by atoms with Gasteiger partial charge in [0.05, 0.1) is 29.8 Å². The third kappa shape index (κ3) is 5.58. The van der Waals surface area contributed by atoms with Crippen LogP contribution in [0, 0.1) is 11.3 Å². The van der Waals surface area contributed by atoms with Crippen molar-refractivity contribution < 1.29 is 28.6 Å². The zero-order chi connectivity index (χ0) is 24.7. The summed E-state index contributed by atoms with van der Waals surface area (Å²) in [7, 11) is 0. The van der Waals surface area contributed by atoms with Crippen molar-refractivity contribution in [2.24, 2.45) is 0 Å². The van der Waals surface area contributed by atoms with Crippen LogP contribution in [0.4, 0.5) is 4.79 Å². The number of thioether (sulfide) groups is 1. The van der Waals surface area contributed by atoms with Crippen LogP contribution in [0.25, 0.3) is 6.08 Å². The number of hydrogen-bond donors (Lipinski definition) is 0. The Morgan fingerprint density at radius 1 is 1.12 bits per heavy atom. The third-order valence-corrected chi connectivity index (χ3v) is 5.81. The van der Waals surface area contributed by atoms with Crippen molar-refractivity contribution >= 4 is 35.0 Å². The Hall–Kier alpha value is -3.77. The van der Waals surface area contributed by atoms with Crippen molar-refractivity contribution in [2.75, 3.05) is 13.2 Å². The second-order valence-corrected chi connectivity index (χ2v) is 8.17. The molecule has 0 aliphatic carbocycles. The molecule has 0 radical (unpaired) electrons. The molecule has 1 aliphatic rings. The van der Waals surface area contributed by atoms with Crippen molar-refractivity contribution in [3.05, 3.63) is 64.1 Å². The molecular weight excluding hydrogens is 456 g/mol. The summed E-state index contributed by atoms with van der Waals surface area (Å²) >= 11 is 0.764. The zero-order valence-corrected chi connectivity index (χ0v) is 19.9. The fraction of sp³-hybridized carbons (Fsp3) is 0.280. The summed E-state index contributed by atoms with van der Waals surface area (Å²) in [6.07, 6.45) is 1.57. The van der Waals surface area contributed by atoms with Gasteiger partial charge in [-0.15, -0.1) is 0 Å². The molecule has 1 saturated heterocycles. The van der Waals surface area contributed by atoms with Crippen LogP contribution in [0.3, 0.4) is 0 Å². The first kappa shape index (κ1) is 24.9. The highest BCUT2D eigenvalue weighted by Crippen LogP contribution is 2.36. The second-order valence-electron chi connectivity index (χ2n) is 7.18. The number of rotatable bonds is 9. The Bertz CT molecular complexity index is 1170. The van der Waals surface area contributed by atoms with Gasteiger partial charge in [0, 0.05) is 5.56 Å². The van der Waals surface area contributed by atoms with Crippen molar-refractivity contribution in [2.45, 2.75) is 33.4 Å². The minimum atomic E-state index is -1.01. The van der Waals surface area contributed by atoms with Gasteiger partial charge in [-0.25, -0.2) is 4.79 Å². The molecule has 34 heavy (non-hydrogen) atoms. The maximum Gasteiger partial charge on any atom is 0.329 e. The first-order valence-electron chi connectivity index (χ1n) is 10.7. The average molecular weight is 481 g/mol. The Labute approximate surface area is 202 Å². The van der Waals surface area contributed by atoms with Crippen molar-refractivity contribution in [3.63, 3.8) is 0 Å². The number of amides is 2. The van der Waals surface area contributed by atoms with Crippen LogP contribution in [-0.2, 0) is 20.9 Å². The van der Waals surface area contributed by atoms with Gasteiger partial charge in [0.2, 0.25) is 0 Å². The third-order valence-electron chi connectivity index (χ3n) is 4.92. The van der Waals surface area contributed by atoms with Gasteiger partial charge in [-0.2, -0.15) is 5.26 Å². The molecule has 1 fully saturated rings. The highest BCUT2D eigenvalue weighted by atomic mass is 32.2. The van der Waals surface area contributed by atoms with E-state index in [1.165, 1.54) is 6.92 Å². The summed E-state index contributed by atoms with van der Waals surface area (Å²) in [4.78, 5) is 38.3. The Kier molecular flexibility index (Phi) is 8.33. The van der Waals surface area contributed by atoms with Crippen molar-refractivity contribution in [3.8, 4) is 17.6 Å². The molecule has 8 nitrogen and oxygen atoms in total. The first-order valence-corrected chi connectivity index (χ1v) is 11.5. The number of benzene rings is 2. The summed E-state index contributed by atoms with van der Waals surface area (Å²) < 4.78 is 16.5. The van der Waals surface area contributed by atoms with Crippen LogP contribution >= 0.6 is 11.8 Å². The smallest absolute Gasteiger partial charge is 0.329 e. The molecule has 1 aliphatic heterocycles. The lowest BCUT2D eigenvalue weighted by atomic mass is 10.1. The van der Waals surface area contributed by atoms with E-state index in [9.17, 15) is 19.6 Å². The molecule has 2 aromatic carbocycles. The van der Waals surface area contributed by atoms with E-state index in [1.807, 2.05) is 19.1 Å². The SMILES string of the molecule is CCOC(=O)[C@@H](C)N1C(=O)S/C(=C/c2ccc(OCc3ccccc3C#N)c(OCC)c2)C1=O. The molecule has 2 amide bonds. The normalized spacial score (nSPS) is 15.2. The minimum absolute atomic E-state index is 0.159. The van der Waals surface area contributed by atoms with Crippen LogP contribution in [0.15, 0.2) is 47.4 Å². The molecule has 0 N–H and O–H groups in total. The predicted molar refractivity (Wildman–Crippen MR) is 127 cm³/mol. The second kappa shape index (κ2) is 11.4. The number of hydrogen-bond acceptors (Lipinski definition) is 8. The molecule has 1 atom stereocenters. The Morgan fingerprint density at radius 2 is 1.88 bits per heavy atom. The topological polar surface area (TPSA) is 106 Å². The maximum atomic E-state index is 12.8. The minimum Gasteiger partial charge on any atom is -0.490 e. The molecule has 0 aromatic heterocycles. The lowest BCUT2D eigenvalue weighted by Crippen LogP contribution is -2.42. The number of carbonyl (C=O) groups excluding carboxylic acids is 3. The molecule has 2 aromatic rings. The van der Waals surface area contributed by atoms with E-state index >= 15 is 0 Å². The molecule has 1 heterocycles. The van der Waals surface area contributed by atoms with Crippen LogP contribution in [-0.4, -0.2) is 41.3 Å². The van der Waals surface area contributed by atoms with E-state index in [0.29, 0.717) is 29.2 Å². The fourth-order valence-electron chi connectivity index (χ4n) is 3.25. The first-order chi connectivity index (χ1) is 16.4. The van der Waals surface area contributed by atoms with Gasteiger partial charge in [-0.05, 0) is 62.4 Å². The average Bonchev–Trinajstić information content (AvgIpc) is 3.11. The Morgan fingerprint density at radius 3 is 2.59 bits per heavy atom. The Balaban J connectivity index is 1.81. The van der Waals surface area contributed by atoms with Gasteiger partial charge in [-0.3, -0.25) is 14.5 Å². The standard InChI is InChI=1S/C25H24N2O6S/c1-4-31-21-12-17(10-11-20(21)33-15-19-9-7-6-8-18(19)14-26)13-22-23(28)27(25(30)34-22)16(3)24(29)32-5-2/h6-13,16H,4-5,15H2,1-3H3/b22-13+/t16-/m1/s1. The maximum absolute atomic E-state index is 12.8. The van der Waals surface area contributed by atoms with Gasteiger partial charge in [0.25, 0.3) is 11.1 Å². The molecule has 3 rings (SSSR count). The van der Waals surface area contributed by atoms with E-state index in [4.69, 9.17) is 14.2 Å². The number of nitriles is 1. The fourth-order valence-corrected chi connectivity index (χ4v) is 4.15. The largest absolute Gasteiger partial charge is 0.490 e. The van der Waals surface area contributed by atoms with E-state index < -0.39 is 23.2 Å². The quantitative estimate of drug-likeness (QED) is 0.381. The summed E-state index contributed by atoms with van der Waals surface area (Å²) in [5, 5.41) is 8.73. The number of ether oxygens (including phenoxy) is 3. The lowest BCUT2D eigenvalue weighted by molar-refractivity contribution is -0.150. The van der Waals surface area contributed by atoms with Crippen molar-refractivity contribution in [1.29, 1.82) is 5.26 Å². The monoisotopic (exact) mass is 480 g/mol. The van der Waals surface area contributed by atoms with Crippen LogP contribution in [0.2, 0.25) is 0 Å². The molecule has 9 heteroatoms. The number of esters is 1. The van der Waals surface area contributed by atoms with Gasteiger partial charge >= 0.3 is 5.97 Å². The van der Waals surface area contributed by atoms with Gasteiger partial charge in [0.1, 0.15) is 12.6 Å². The van der Waals surface area contributed by atoms with E-state index in [0.717, 1.165) is 22.2 Å². The van der Waals surface area contributed by atoms with E-state index in [1.54, 1.807) is 43.3 Å². The number of imide groups is 1. The van der Waals surface area contributed by atoms with Crippen LogP contribution in [0.1, 0.15) is 37.5 Å². The van der Waals surface area contributed by atoms with Crippen LogP contribution in [0.5, 0.6) is 11.5 Å². The zero-order valence-electron chi connectivity index (χ0n) is 19.1. The van der Waals surface area contributed by atoms with Gasteiger partial charge in [0.15, 0.2) is 11.5 Å². The molecular formula is C25H24N2O6S. The number of nitrogens with zero attached hydrogens (tertiary/aromatic N) is 2. The lowest BCUT2D eigenvalue weighted by Gasteiger charge is -2.19. The van der Waals surface area contributed by atoms with E-state index in [2.05, 4.69) is 6.07 Å². The van der Waals surface area contributed by atoms with Crippen molar-refractivity contribution in [1.82, 2.24) is 4.90 Å². The highest BCUT2D eigenvalue weighted by Gasteiger charge is 2.41. The summed E-state index contributed by atoms with van der Waals surface area (Å²) in [6.45, 7) is 5.69. The summed E-state index contributed by atoms with van der Waals surface area (Å²) in [6, 6.07) is 13.4. The predicted octanol–water partition coefficient (Wildman–Crippen LogP) is 4.52. The molecule has 0 unspecified atom stereocenters. The van der Waals surface area contributed by atoms with Gasteiger partial charge in [-0.1, -0.05) is 24.3 Å². The molecule has 0 spiro atoms. The van der Waals surface area contributed by atoms with Gasteiger partial charge < -0.3 is 14.2 Å². The van der Waals surface area contributed by atoms with E-state index in [-0.39, 0.29) is 18.1 Å². The summed E-state index contributed by atoms with van der Waals surface area (Å²) in [5.74, 6) is -0.244. The van der Waals surface area contributed by atoms with Crippen LogP contribution < -0.4 is 9.47 Å². The highest BCUT2D eigenvalue weighted by molar-refractivity contribution is 8.18. The molecule has 176 valence electrons. The number of carbonyl (C=O) groups is 3. The molecule has 0 bridgehead atoms.